The molecule has 9 nitrogen and oxygen atoms in total. The lowest BCUT2D eigenvalue weighted by Crippen LogP contribution is -2.31. The van der Waals surface area contributed by atoms with Crippen LogP contribution in [0.25, 0.3) is 16.6 Å². The van der Waals surface area contributed by atoms with Crippen LogP contribution in [-0.4, -0.2) is 31.4 Å². The smallest absolute Gasteiger partial charge is 0.293 e. The fourth-order valence-electron chi connectivity index (χ4n) is 4.02. The van der Waals surface area contributed by atoms with Crippen LogP contribution in [0, 0.1) is 6.92 Å². The van der Waals surface area contributed by atoms with Crippen LogP contribution >= 0.6 is 0 Å². The zero-order valence-corrected chi connectivity index (χ0v) is 18.9. The fourth-order valence-corrected chi connectivity index (χ4v) is 4.02. The topological polar surface area (TPSA) is 111 Å². The van der Waals surface area contributed by atoms with Gasteiger partial charge in [-0.1, -0.05) is 18.2 Å². The molecule has 1 saturated carbocycles. The number of para-hydroxylation sites is 1. The quantitative estimate of drug-likeness (QED) is 0.462. The molecule has 1 fully saturated rings. The molecule has 2 amide bonds. The number of anilines is 2. The lowest BCUT2D eigenvalue weighted by atomic mass is 10.2. The number of nitrogens with one attached hydrogen (secondary N) is 2. The van der Waals surface area contributed by atoms with Crippen LogP contribution in [0.3, 0.4) is 0 Å². The minimum Gasteiger partial charge on any atom is -0.326 e. The molecule has 2 aromatic carbocycles. The van der Waals surface area contributed by atoms with E-state index in [-0.39, 0.29) is 29.8 Å². The minimum atomic E-state index is -0.370. The van der Waals surface area contributed by atoms with E-state index in [4.69, 9.17) is 0 Å². The molecule has 2 aromatic heterocycles. The number of benzene rings is 2. The van der Waals surface area contributed by atoms with E-state index in [1.807, 2.05) is 31.2 Å². The molecule has 2 N–H and O–H groups in total. The monoisotopic (exact) mass is 456 g/mol. The average Bonchev–Trinajstić information content (AvgIpc) is 3.55. The summed E-state index contributed by atoms with van der Waals surface area (Å²) in [5.41, 5.74) is 3.87. The van der Waals surface area contributed by atoms with Gasteiger partial charge in [-0.2, -0.15) is 10.2 Å². The van der Waals surface area contributed by atoms with Crippen LogP contribution in [0.5, 0.6) is 0 Å². The van der Waals surface area contributed by atoms with Gasteiger partial charge in [0.2, 0.25) is 11.8 Å². The van der Waals surface area contributed by atoms with Crippen molar-refractivity contribution in [3.05, 3.63) is 76.3 Å². The van der Waals surface area contributed by atoms with Crippen molar-refractivity contribution >= 4 is 34.1 Å². The maximum Gasteiger partial charge on any atom is 0.293 e. The highest BCUT2D eigenvalue weighted by atomic mass is 16.2. The Bertz CT molecular complexity index is 1460. The molecule has 9 heteroatoms. The van der Waals surface area contributed by atoms with Gasteiger partial charge in [-0.25, -0.2) is 9.36 Å². The molecule has 0 radical (unpaired) electrons. The van der Waals surface area contributed by atoms with Crippen molar-refractivity contribution in [2.24, 2.45) is 0 Å². The molecule has 5 rings (SSSR count). The van der Waals surface area contributed by atoms with E-state index in [0.29, 0.717) is 16.9 Å². The molecule has 0 saturated heterocycles. The maximum atomic E-state index is 13.4. The third kappa shape index (κ3) is 4.19. The van der Waals surface area contributed by atoms with Gasteiger partial charge in [0.15, 0.2) is 0 Å². The Hall–Kier alpha value is -4.27. The van der Waals surface area contributed by atoms with Crippen molar-refractivity contribution in [2.75, 3.05) is 10.6 Å². The van der Waals surface area contributed by atoms with Gasteiger partial charge in [0.05, 0.1) is 17.6 Å². The Morgan fingerprint density at radius 2 is 1.71 bits per heavy atom. The molecule has 0 atom stereocenters. The summed E-state index contributed by atoms with van der Waals surface area (Å²) in [4.78, 5) is 37.4. The lowest BCUT2D eigenvalue weighted by Gasteiger charge is -2.11. The molecule has 1 aliphatic carbocycles. The summed E-state index contributed by atoms with van der Waals surface area (Å²) in [5, 5.41) is 15.3. The Morgan fingerprint density at radius 3 is 2.35 bits per heavy atom. The van der Waals surface area contributed by atoms with E-state index in [2.05, 4.69) is 20.8 Å². The van der Waals surface area contributed by atoms with E-state index in [1.54, 1.807) is 35.1 Å². The first kappa shape index (κ1) is 21.6. The zero-order chi connectivity index (χ0) is 23.8. The van der Waals surface area contributed by atoms with E-state index in [1.165, 1.54) is 11.6 Å². The molecule has 172 valence electrons. The number of carbonyl (C=O) groups is 2. The highest BCUT2D eigenvalue weighted by Gasteiger charge is 2.30. The van der Waals surface area contributed by atoms with Gasteiger partial charge in [-0.05, 0) is 55.7 Å². The third-order valence-corrected chi connectivity index (χ3v) is 5.80. The van der Waals surface area contributed by atoms with Crippen molar-refractivity contribution in [2.45, 2.75) is 39.2 Å². The molecule has 1 aliphatic rings. The number of fused-ring (bicyclic) bond motifs is 1. The highest BCUT2D eigenvalue weighted by Crippen LogP contribution is 2.41. The fraction of sp³-hybridized carbons (Fsp3) is 0.240. The second-order valence-electron chi connectivity index (χ2n) is 8.53. The van der Waals surface area contributed by atoms with Crippen LogP contribution < -0.4 is 16.2 Å². The van der Waals surface area contributed by atoms with Crippen LogP contribution in [0.2, 0.25) is 0 Å². The Balaban J connectivity index is 1.47. The van der Waals surface area contributed by atoms with Crippen molar-refractivity contribution in [1.29, 1.82) is 0 Å². The maximum absolute atomic E-state index is 13.4. The number of aryl methyl sites for hydroxylation is 1. The van der Waals surface area contributed by atoms with Gasteiger partial charge >= 0.3 is 0 Å². The standard InChI is InChI=1S/C25H24N6O3/c1-15-5-3-4-6-21(15)31-24-20(13-26-31)23(17-7-8-17)29-30(25(24)34)14-22(33)28-19-11-9-18(10-12-19)27-16(2)32/h3-6,9-13,17H,7-8,14H2,1-2H3,(H,27,32)(H,28,33). The van der Waals surface area contributed by atoms with E-state index < -0.39 is 0 Å². The summed E-state index contributed by atoms with van der Waals surface area (Å²) < 4.78 is 2.88. The largest absolute Gasteiger partial charge is 0.326 e. The number of hydrogen-bond acceptors (Lipinski definition) is 5. The normalized spacial score (nSPS) is 13.1. The van der Waals surface area contributed by atoms with Crippen LogP contribution in [0.4, 0.5) is 11.4 Å². The van der Waals surface area contributed by atoms with E-state index in [0.717, 1.165) is 35.2 Å². The SMILES string of the molecule is CC(=O)Nc1ccc(NC(=O)Cn2nc(C3CC3)c3cnn(-c4ccccc4C)c3c2=O)cc1. The predicted octanol–water partition coefficient (Wildman–Crippen LogP) is 3.37. The van der Waals surface area contributed by atoms with Crippen LogP contribution in [-0.2, 0) is 16.1 Å². The van der Waals surface area contributed by atoms with Crippen LogP contribution in [0.1, 0.15) is 36.9 Å². The molecule has 34 heavy (non-hydrogen) atoms. The number of nitrogens with zero attached hydrogens (tertiary/aromatic N) is 4. The highest BCUT2D eigenvalue weighted by molar-refractivity contribution is 5.92. The molecule has 0 unspecified atom stereocenters. The third-order valence-electron chi connectivity index (χ3n) is 5.80. The zero-order valence-electron chi connectivity index (χ0n) is 18.9. The molecular formula is C25H24N6O3. The van der Waals surface area contributed by atoms with Gasteiger partial charge in [0, 0.05) is 29.6 Å². The number of rotatable bonds is 6. The van der Waals surface area contributed by atoms with Gasteiger partial charge in [0.1, 0.15) is 12.1 Å². The summed E-state index contributed by atoms with van der Waals surface area (Å²) in [7, 11) is 0. The second-order valence-corrected chi connectivity index (χ2v) is 8.53. The second kappa shape index (κ2) is 8.58. The van der Waals surface area contributed by atoms with Crippen molar-refractivity contribution in [1.82, 2.24) is 19.6 Å². The van der Waals surface area contributed by atoms with Crippen molar-refractivity contribution in [3.63, 3.8) is 0 Å². The van der Waals surface area contributed by atoms with E-state index >= 15 is 0 Å². The molecule has 2 heterocycles. The number of aromatic nitrogens is 4. The molecular weight excluding hydrogens is 432 g/mol. The summed E-state index contributed by atoms with van der Waals surface area (Å²) in [6.45, 7) is 3.17. The first-order valence-electron chi connectivity index (χ1n) is 11.1. The predicted molar refractivity (Wildman–Crippen MR) is 129 cm³/mol. The summed E-state index contributed by atoms with van der Waals surface area (Å²) >= 11 is 0. The minimum absolute atomic E-state index is 0.172. The Labute approximate surface area is 195 Å². The molecule has 0 bridgehead atoms. The summed E-state index contributed by atoms with van der Waals surface area (Å²) in [6.07, 6.45) is 3.70. The molecule has 0 spiro atoms. The van der Waals surface area contributed by atoms with Gasteiger partial charge in [0.25, 0.3) is 5.56 Å². The van der Waals surface area contributed by atoms with Gasteiger partial charge in [-0.3, -0.25) is 14.4 Å². The summed E-state index contributed by atoms with van der Waals surface area (Å²) in [6, 6.07) is 14.5. The number of hydrogen-bond donors (Lipinski definition) is 2. The first-order chi connectivity index (χ1) is 16.4. The Morgan fingerprint density at radius 1 is 1.03 bits per heavy atom. The molecule has 0 aliphatic heterocycles. The van der Waals surface area contributed by atoms with Crippen LogP contribution in [0.15, 0.2) is 59.5 Å². The number of amides is 2. The van der Waals surface area contributed by atoms with Gasteiger partial charge < -0.3 is 10.6 Å². The lowest BCUT2D eigenvalue weighted by molar-refractivity contribution is -0.117. The summed E-state index contributed by atoms with van der Waals surface area (Å²) in [5.74, 6) is -0.271. The molecule has 4 aromatic rings. The average molecular weight is 457 g/mol. The van der Waals surface area contributed by atoms with Crippen molar-refractivity contribution in [3.8, 4) is 5.69 Å². The Kier molecular flexibility index (Phi) is 5.45. The first-order valence-corrected chi connectivity index (χ1v) is 11.1. The number of carbonyl (C=O) groups excluding carboxylic acids is 2. The van der Waals surface area contributed by atoms with Crippen molar-refractivity contribution < 1.29 is 9.59 Å². The van der Waals surface area contributed by atoms with E-state index in [9.17, 15) is 14.4 Å². The van der Waals surface area contributed by atoms with Gasteiger partial charge in [-0.15, -0.1) is 0 Å².